The Labute approximate surface area is 102 Å². The minimum absolute atomic E-state index is 0.241. The molecule has 0 aliphatic carbocycles. The van der Waals surface area contributed by atoms with Crippen LogP contribution in [0.2, 0.25) is 0 Å². The molecule has 0 spiro atoms. The minimum atomic E-state index is 0.241. The molecule has 2 heteroatoms. The van der Waals surface area contributed by atoms with Crippen LogP contribution in [0.15, 0.2) is 42.6 Å². The number of para-hydroxylation sites is 1. The Hall–Kier alpha value is -1.54. The van der Waals surface area contributed by atoms with Gasteiger partial charge in [0, 0.05) is 30.8 Å². The van der Waals surface area contributed by atoms with Crippen molar-refractivity contribution in [1.29, 1.82) is 0 Å². The van der Waals surface area contributed by atoms with E-state index in [2.05, 4.69) is 48.2 Å². The van der Waals surface area contributed by atoms with Gasteiger partial charge >= 0.3 is 0 Å². The second kappa shape index (κ2) is 5.69. The van der Waals surface area contributed by atoms with Gasteiger partial charge in [-0.15, -0.1) is 0 Å². The first-order valence-corrected chi connectivity index (χ1v) is 6.11. The summed E-state index contributed by atoms with van der Waals surface area (Å²) < 4.78 is 2.18. The van der Waals surface area contributed by atoms with E-state index >= 15 is 0 Å². The first-order chi connectivity index (χ1) is 8.33. The van der Waals surface area contributed by atoms with Gasteiger partial charge in [0.1, 0.15) is 0 Å². The number of aromatic nitrogens is 1. The molecular weight excluding hydrogens is 210 g/mol. The molecule has 0 unspecified atom stereocenters. The van der Waals surface area contributed by atoms with Crippen LogP contribution in [0.1, 0.15) is 18.4 Å². The molecule has 0 fully saturated rings. The molecule has 1 N–H and O–H groups in total. The van der Waals surface area contributed by atoms with Gasteiger partial charge in [0.15, 0.2) is 0 Å². The highest BCUT2D eigenvalue weighted by atomic mass is 16.2. The van der Waals surface area contributed by atoms with Crippen LogP contribution < -0.4 is 0 Å². The van der Waals surface area contributed by atoms with Gasteiger partial charge in [-0.3, -0.25) is 0 Å². The van der Waals surface area contributed by atoms with Crippen LogP contribution in [-0.2, 0) is 13.5 Å². The Morgan fingerprint density at radius 1 is 1.18 bits per heavy atom. The molecule has 0 aliphatic heterocycles. The molecule has 17 heavy (non-hydrogen) atoms. The smallest absolute Gasteiger partial charge is 0.0480 e. The summed E-state index contributed by atoms with van der Waals surface area (Å²) in [5, 5.41) is 10.0. The molecule has 0 atom stereocenters. The van der Waals surface area contributed by atoms with Crippen LogP contribution in [0.4, 0.5) is 0 Å². The van der Waals surface area contributed by atoms with Gasteiger partial charge < -0.3 is 9.67 Å². The molecule has 2 nitrogen and oxygen atoms in total. The predicted molar refractivity (Wildman–Crippen MR) is 72.1 cm³/mol. The van der Waals surface area contributed by atoms with Crippen LogP contribution >= 0.6 is 0 Å². The second-order valence-corrected chi connectivity index (χ2v) is 4.30. The number of rotatable bonds is 5. The molecule has 2 rings (SSSR count). The number of aryl methyl sites for hydroxylation is 2. The van der Waals surface area contributed by atoms with Crippen molar-refractivity contribution in [2.45, 2.75) is 19.3 Å². The van der Waals surface area contributed by atoms with Crippen LogP contribution in [0.25, 0.3) is 10.9 Å². The van der Waals surface area contributed by atoms with Crippen molar-refractivity contribution in [2.75, 3.05) is 6.61 Å². The number of aliphatic hydroxyl groups is 1. The lowest BCUT2D eigenvalue weighted by Gasteiger charge is -1.95. The summed E-state index contributed by atoms with van der Waals surface area (Å²) in [5.41, 5.74) is 2.69. The zero-order valence-electron chi connectivity index (χ0n) is 10.3. The Morgan fingerprint density at radius 2 is 1.94 bits per heavy atom. The summed E-state index contributed by atoms with van der Waals surface area (Å²) in [4.78, 5) is 0. The monoisotopic (exact) mass is 229 g/mol. The van der Waals surface area contributed by atoms with Gasteiger partial charge in [-0.25, -0.2) is 0 Å². The third-order valence-corrected chi connectivity index (χ3v) is 3.02. The van der Waals surface area contributed by atoms with E-state index in [1.54, 1.807) is 0 Å². The van der Waals surface area contributed by atoms with Crippen molar-refractivity contribution in [3.05, 3.63) is 48.2 Å². The van der Waals surface area contributed by atoms with E-state index in [4.69, 9.17) is 5.11 Å². The van der Waals surface area contributed by atoms with E-state index < -0.39 is 0 Å². The fourth-order valence-corrected chi connectivity index (χ4v) is 2.17. The van der Waals surface area contributed by atoms with Crippen molar-refractivity contribution in [3.8, 4) is 0 Å². The Bertz CT molecular complexity index is 511. The Morgan fingerprint density at radius 3 is 2.76 bits per heavy atom. The minimum Gasteiger partial charge on any atom is -0.396 e. The number of benzene rings is 1. The summed E-state index contributed by atoms with van der Waals surface area (Å²) in [7, 11) is 2.09. The summed E-state index contributed by atoms with van der Waals surface area (Å²) in [6, 6.07) is 8.50. The molecule has 0 radical (unpaired) electrons. The van der Waals surface area contributed by atoms with E-state index in [1.807, 2.05) is 6.08 Å². The van der Waals surface area contributed by atoms with Crippen LogP contribution in [-0.4, -0.2) is 16.3 Å². The summed E-state index contributed by atoms with van der Waals surface area (Å²) in [6.45, 7) is 0.241. The molecule has 0 bridgehead atoms. The Balaban J connectivity index is 2.08. The Kier molecular flexibility index (Phi) is 3.99. The lowest BCUT2D eigenvalue weighted by atomic mass is 10.1. The highest BCUT2D eigenvalue weighted by Crippen LogP contribution is 2.21. The number of fused-ring (bicyclic) bond motifs is 1. The van der Waals surface area contributed by atoms with E-state index in [1.165, 1.54) is 16.5 Å². The molecule has 0 saturated heterocycles. The maximum Gasteiger partial charge on any atom is 0.0480 e. The van der Waals surface area contributed by atoms with Crippen molar-refractivity contribution < 1.29 is 5.11 Å². The molecule has 0 amide bonds. The highest BCUT2D eigenvalue weighted by Gasteiger charge is 2.03. The van der Waals surface area contributed by atoms with Crippen LogP contribution in [0, 0.1) is 0 Å². The van der Waals surface area contributed by atoms with Crippen molar-refractivity contribution in [3.63, 3.8) is 0 Å². The largest absolute Gasteiger partial charge is 0.396 e. The lowest BCUT2D eigenvalue weighted by Crippen LogP contribution is -1.83. The SMILES string of the molecule is Cn1cc(CC/C=C\CCO)c2ccccc21. The van der Waals surface area contributed by atoms with E-state index in [0.29, 0.717) is 0 Å². The van der Waals surface area contributed by atoms with Gasteiger partial charge in [0.05, 0.1) is 0 Å². The average molecular weight is 229 g/mol. The molecule has 0 aliphatic rings. The first kappa shape index (κ1) is 11.9. The molecule has 2 aromatic rings. The van der Waals surface area contributed by atoms with Crippen LogP contribution in [0.3, 0.4) is 0 Å². The second-order valence-electron chi connectivity index (χ2n) is 4.30. The third-order valence-electron chi connectivity index (χ3n) is 3.02. The number of allylic oxidation sites excluding steroid dienone is 1. The highest BCUT2D eigenvalue weighted by molar-refractivity contribution is 5.83. The average Bonchev–Trinajstić information content (AvgIpc) is 2.67. The quantitative estimate of drug-likeness (QED) is 0.783. The van der Waals surface area contributed by atoms with Crippen molar-refractivity contribution >= 4 is 10.9 Å². The maximum absolute atomic E-state index is 8.67. The molecule has 90 valence electrons. The van der Waals surface area contributed by atoms with E-state index in [-0.39, 0.29) is 6.61 Å². The van der Waals surface area contributed by atoms with Gasteiger partial charge in [-0.2, -0.15) is 0 Å². The van der Waals surface area contributed by atoms with Crippen LogP contribution in [0.5, 0.6) is 0 Å². The summed E-state index contributed by atoms with van der Waals surface area (Å²) in [6.07, 6.45) is 9.26. The fraction of sp³-hybridized carbons (Fsp3) is 0.333. The van der Waals surface area contributed by atoms with Gasteiger partial charge in [-0.1, -0.05) is 30.4 Å². The fourth-order valence-electron chi connectivity index (χ4n) is 2.17. The topological polar surface area (TPSA) is 25.2 Å². The van der Waals surface area contributed by atoms with E-state index in [9.17, 15) is 0 Å². The first-order valence-electron chi connectivity index (χ1n) is 6.11. The summed E-state index contributed by atoms with van der Waals surface area (Å²) in [5.74, 6) is 0. The zero-order valence-corrected chi connectivity index (χ0v) is 10.3. The third kappa shape index (κ3) is 2.77. The lowest BCUT2D eigenvalue weighted by molar-refractivity contribution is 0.302. The maximum atomic E-state index is 8.67. The van der Waals surface area contributed by atoms with Gasteiger partial charge in [0.2, 0.25) is 0 Å². The van der Waals surface area contributed by atoms with Gasteiger partial charge in [-0.05, 0) is 30.9 Å². The number of nitrogens with zero attached hydrogens (tertiary/aromatic N) is 1. The number of aliphatic hydroxyl groups excluding tert-OH is 1. The number of hydrogen-bond donors (Lipinski definition) is 1. The molecule has 1 heterocycles. The molecule has 1 aromatic heterocycles. The van der Waals surface area contributed by atoms with Crippen molar-refractivity contribution in [1.82, 2.24) is 4.57 Å². The standard InChI is InChI=1S/C15H19NO/c1-16-12-13(8-4-2-3-7-11-17)14-9-5-6-10-15(14)16/h2-3,5-6,9-10,12,17H,4,7-8,11H2,1H3/b3-2-. The van der Waals surface area contributed by atoms with Crippen molar-refractivity contribution in [2.24, 2.45) is 7.05 Å². The predicted octanol–water partition coefficient (Wildman–Crippen LogP) is 3.05. The zero-order chi connectivity index (χ0) is 12.1. The normalized spacial score (nSPS) is 11.6. The molecule has 0 saturated carbocycles. The molecular formula is C15H19NO. The summed E-state index contributed by atoms with van der Waals surface area (Å²) >= 11 is 0. The van der Waals surface area contributed by atoms with Gasteiger partial charge in [0.25, 0.3) is 0 Å². The number of hydrogen-bond acceptors (Lipinski definition) is 1. The van der Waals surface area contributed by atoms with E-state index in [0.717, 1.165) is 19.3 Å². The molecule has 1 aromatic carbocycles.